The Labute approximate surface area is 129 Å². The standard InChI is InChI=1S/C14H15BrF3NO2/c1-8(12-3-2-6-21-12)19-13(20)10-7-9(14(16,17)18)4-5-11(10)15/h4-5,7-8,12H,2-3,6H2,1H3,(H,19,20). The largest absolute Gasteiger partial charge is 0.416 e. The summed E-state index contributed by atoms with van der Waals surface area (Å²) >= 11 is 3.11. The molecule has 116 valence electrons. The molecule has 2 atom stereocenters. The number of carbonyl (C=O) groups is 1. The number of halogens is 4. The first-order valence-electron chi connectivity index (χ1n) is 6.58. The van der Waals surface area contributed by atoms with E-state index in [2.05, 4.69) is 21.2 Å². The minimum atomic E-state index is -4.48. The highest BCUT2D eigenvalue weighted by Crippen LogP contribution is 2.32. The van der Waals surface area contributed by atoms with Gasteiger partial charge in [-0.25, -0.2) is 0 Å². The lowest BCUT2D eigenvalue weighted by atomic mass is 10.1. The van der Waals surface area contributed by atoms with Gasteiger partial charge in [0.2, 0.25) is 0 Å². The molecule has 1 saturated heterocycles. The summed E-state index contributed by atoms with van der Waals surface area (Å²) < 4.78 is 43.9. The van der Waals surface area contributed by atoms with E-state index in [1.807, 2.05) is 0 Å². The van der Waals surface area contributed by atoms with Gasteiger partial charge in [0.25, 0.3) is 5.91 Å². The van der Waals surface area contributed by atoms with E-state index in [-0.39, 0.29) is 17.7 Å². The first-order valence-corrected chi connectivity index (χ1v) is 7.37. The second-order valence-corrected chi connectivity index (χ2v) is 5.86. The average Bonchev–Trinajstić information content (AvgIpc) is 2.91. The number of benzene rings is 1. The zero-order chi connectivity index (χ0) is 15.6. The third-order valence-corrected chi connectivity index (χ3v) is 4.11. The molecule has 0 radical (unpaired) electrons. The average molecular weight is 366 g/mol. The van der Waals surface area contributed by atoms with E-state index in [4.69, 9.17) is 4.74 Å². The third-order valence-electron chi connectivity index (χ3n) is 3.42. The molecule has 1 aromatic carbocycles. The number of nitrogens with one attached hydrogen (secondary N) is 1. The van der Waals surface area contributed by atoms with E-state index in [1.165, 1.54) is 6.07 Å². The van der Waals surface area contributed by atoms with Crippen molar-refractivity contribution in [1.29, 1.82) is 0 Å². The van der Waals surface area contributed by atoms with E-state index in [9.17, 15) is 18.0 Å². The smallest absolute Gasteiger partial charge is 0.376 e. The maximum atomic E-state index is 12.7. The molecule has 0 saturated carbocycles. The van der Waals surface area contributed by atoms with Crippen LogP contribution in [0.5, 0.6) is 0 Å². The fraction of sp³-hybridized carbons (Fsp3) is 0.500. The zero-order valence-electron chi connectivity index (χ0n) is 11.3. The van der Waals surface area contributed by atoms with E-state index < -0.39 is 17.6 Å². The Morgan fingerprint density at radius 2 is 2.19 bits per heavy atom. The summed E-state index contributed by atoms with van der Waals surface area (Å²) in [7, 11) is 0. The molecule has 2 unspecified atom stereocenters. The Morgan fingerprint density at radius 3 is 2.76 bits per heavy atom. The summed E-state index contributed by atoms with van der Waals surface area (Å²) in [6, 6.07) is 2.77. The summed E-state index contributed by atoms with van der Waals surface area (Å²) in [5.41, 5.74) is -0.879. The van der Waals surface area contributed by atoms with Crippen LogP contribution < -0.4 is 5.32 Å². The predicted molar refractivity (Wildman–Crippen MR) is 75.0 cm³/mol. The van der Waals surface area contributed by atoms with Crippen LogP contribution in [-0.2, 0) is 10.9 Å². The van der Waals surface area contributed by atoms with Gasteiger partial charge in [0, 0.05) is 11.1 Å². The number of amides is 1. The molecule has 2 rings (SSSR count). The molecule has 0 bridgehead atoms. The van der Waals surface area contributed by atoms with Gasteiger partial charge in [-0.1, -0.05) is 0 Å². The Morgan fingerprint density at radius 1 is 1.48 bits per heavy atom. The van der Waals surface area contributed by atoms with Crippen LogP contribution >= 0.6 is 15.9 Å². The summed E-state index contributed by atoms with van der Waals surface area (Å²) in [6.45, 7) is 2.44. The highest BCUT2D eigenvalue weighted by Gasteiger charge is 2.32. The molecule has 3 nitrogen and oxygen atoms in total. The van der Waals surface area contributed by atoms with Crippen LogP contribution in [-0.4, -0.2) is 24.7 Å². The molecule has 1 aromatic rings. The summed E-state index contributed by atoms with van der Waals surface area (Å²) in [6.07, 6.45) is -2.79. The van der Waals surface area contributed by atoms with Crippen LogP contribution in [0.1, 0.15) is 35.7 Å². The molecule has 1 fully saturated rings. The Kier molecular flexibility index (Phi) is 4.93. The topological polar surface area (TPSA) is 38.3 Å². The van der Waals surface area contributed by atoms with Crippen molar-refractivity contribution >= 4 is 21.8 Å². The van der Waals surface area contributed by atoms with Crippen LogP contribution in [0.3, 0.4) is 0 Å². The molecule has 1 aliphatic rings. The molecular formula is C14H15BrF3NO2. The van der Waals surface area contributed by atoms with E-state index in [0.717, 1.165) is 25.0 Å². The molecular weight excluding hydrogens is 351 g/mol. The molecule has 0 aromatic heterocycles. The Hall–Kier alpha value is -1.08. The maximum absolute atomic E-state index is 12.7. The molecule has 7 heteroatoms. The number of hydrogen-bond donors (Lipinski definition) is 1. The third kappa shape index (κ3) is 3.97. The minimum absolute atomic E-state index is 0.0327. The Balaban J connectivity index is 2.14. The fourth-order valence-electron chi connectivity index (χ4n) is 2.25. The number of rotatable bonds is 3. The second kappa shape index (κ2) is 6.36. The van der Waals surface area contributed by atoms with Gasteiger partial charge in [-0.3, -0.25) is 4.79 Å². The van der Waals surface area contributed by atoms with Crippen molar-refractivity contribution in [1.82, 2.24) is 5.32 Å². The molecule has 1 aliphatic heterocycles. The van der Waals surface area contributed by atoms with Crippen LogP contribution in [0.2, 0.25) is 0 Å². The van der Waals surface area contributed by atoms with Gasteiger partial charge < -0.3 is 10.1 Å². The zero-order valence-corrected chi connectivity index (χ0v) is 12.9. The van der Waals surface area contributed by atoms with Gasteiger partial charge in [0.05, 0.1) is 23.3 Å². The normalized spacial score (nSPS) is 20.3. The first kappa shape index (κ1) is 16.3. The number of hydrogen-bond acceptors (Lipinski definition) is 2. The van der Waals surface area contributed by atoms with Crippen LogP contribution in [0.15, 0.2) is 22.7 Å². The van der Waals surface area contributed by atoms with Crippen LogP contribution in [0, 0.1) is 0 Å². The van der Waals surface area contributed by atoms with Gasteiger partial charge in [0.15, 0.2) is 0 Å². The number of carbonyl (C=O) groups excluding carboxylic acids is 1. The fourth-order valence-corrected chi connectivity index (χ4v) is 2.68. The molecule has 0 aliphatic carbocycles. The van der Waals surface area contributed by atoms with Crippen molar-refractivity contribution in [2.24, 2.45) is 0 Å². The highest BCUT2D eigenvalue weighted by atomic mass is 79.9. The van der Waals surface area contributed by atoms with Crippen LogP contribution in [0.4, 0.5) is 13.2 Å². The van der Waals surface area contributed by atoms with Crippen molar-refractivity contribution in [3.63, 3.8) is 0 Å². The lowest BCUT2D eigenvalue weighted by molar-refractivity contribution is -0.137. The number of ether oxygens (including phenoxy) is 1. The van der Waals surface area contributed by atoms with Gasteiger partial charge in [0.1, 0.15) is 0 Å². The van der Waals surface area contributed by atoms with Gasteiger partial charge in [-0.2, -0.15) is 13.2 Å². The van der Waals surface area contributed by atoms with Crippen molar-refractivity contribution in [2.45, 2.75) is 38.1 Å². The molecule has 1 heterocycles. The second-order valence-electron chi connectivity index (χ2n) is 5.01. The highest BCUT2D eigenvalue weighted by molar-refractivity contribution is 9.10. The van der Waals surface area contributed by atoms with Crippen molar-refractivity contribution in [3.05, 3.63) is 33.8 Å². The number of alkyl halides is 3. The monoisotopic (exact) mass is 365 g/mol. The lowest BCUT2D eigenvalue weighted by Crippen LogP contribution is -2.41. The summed E-state index contributed by atoms with van der Waals surface area (Å²) in [4.78, 5) is 12.1. The maximum Gasteiger partial charge on any atom is 0.416 e. The molecule has 21 heavy (non-hydrogen) atoms. The molecule has 1 amide bonds. The summed E-state index contributed by atoms with van der Waals surface area (Å²) in [5, 5.41) is 2.70. The van der Waals surface area contributed by atoms with Crippen molar-refractivity contribution in [3.8, 4) is 0 Å². The van der Waals surface area contributed by atoms with E-state index >= 15 is 0 Å². The summed E-state index contributed by atoms with van der Waals surface area (Å²) in [5.74, 6) is -0.545. The Bertz CT molecular complexity index is 527. The minimum Gasteiger partial charge on any atom is -0.376 e. The van der Waals surface area contributed by atoms with E-state index in [1.54, 1.807) is 6.92 Å². The van der Waals surface area contributed by atoms with Gasteiger partial charge >= 0.3 is 6.18 Å². The first-order chi connectivity index (χ1) is 9.79. The van der Waals surface area contributed by atoms with Gasteiger partial charge in [-0.05, 0) is 53.9 Å². The van der Waals surface area contributed by atoms with E-state index in [0.29, 0.717) is 11.1 Å². The predicted octanol–water partition coefficient (Wildman–Crippen LogP) is 3.77. The lowest BCUT2D eigenvalue weighted by Gasteiger charge is -2.20. The molecule has 1 N–H and O–H groups in total. The quantitative estimate of drug-likeness (QED) is 0.885. The van der Waals surface area contributed by atoms with Crippen molar-refractivity contribution in [2.75, 3.05) is 6.61 Å². The SMILES string of the molecule is CC(NC(=O)c1cc(C(F)(F)F)ccc1Br)C1CCCO1. The molecule has 0 spiro atoms. The van der Waals surface area contributed by atoms with Crippen molar-refractivity contribution < 1.29 is 22.7 Å². The van der Waals surface area contributed by atoms with Gasteiger partial charge in [-0.15, -0.1) is 0 Å². The van der Waals surface area contributed by atoms with Crippen LogP contribution in [0.25, 0.3) is 0 Å².